The van der Waals surface area contributed by atoms with Gasteiger partial charge in [-0.2, -0.15) is 0 Å². The first-order valence-electron chi connectivity index (χ1n) is 7.01. The fraction of sp³-hybridized carbons (Fsp3) is 0.235. The zero-order chi connectivity index (χ0) is 15.5. The van der Waals surface area contributed by atoms with Crippen molar-refractivity contribution in [2.75, 3.05) is 19.4 Å². The lowest BCUT2D eigenvalue weighted by atomic mass is 10.1. The highest BCUT2D eigenvalue weighted by molar-refractivity contribution is 14.1. The fourth-order valence-electron chi connectivity index (χ4n) is 2.51. The van der Waals surface area contributed by atoms with E-state index in [1.165, 1.54) is 0 Å². The molecule has 114 valence electrons. The molecular formula is C17H16INO2S. The van der Waals surface area contributed by atoms with Gasteiger partial charge in [0, 0.05) is 21.4 Å². The van der Waals surface area contributed by atoms with Crippen LogP contribution in [0, 0.1) is 3.57 Å². The van der Waals surface area contributed by atoms with Gasteiger partial charge in [-0.3, -0.25) is 4.79 Å². The van der Waals surface area contributed by atoms with Crippen LogP contribution in [0.15, 0.2) is 48.5 Å². The average molecular weight is 425 g/mol. The maximum Gasteiger partial charge on any atom is 0.255 e. The molecule has 2 aromatic rings. The van der Waals surface area contributed by atoms with Crippen molar-refractivity contribution in [3.63, 3.8) is 0 Å². The summed E-state index contributed by atoms with van der Waals surface area (Å²) in [6.45, 7) is 0.783. The van der Waals surface area contributed by atoms with Gasteiger partial charge >= 0.3 is 0 Å². The Balaban J connectivity index is 1.84. The number of methoxy groups -OCH3 is 1. The number of hydrogen-bond donors (Lipinski definition) is 0. The second-order valence-corrected chi connectivity index (χ2v) is 7.44. The van der Waals surface area contributed by atoms with Gasteiger partial charge in [-0.1, -0.05) is 18.2 Å². The lowest BCUT2D eigenvalue weighted by molar-refractivity contribution is 0.0760. The molecule has 22 heavy (non-hydrogen) atoms. The largest absolute Gasteiger partial charge is 0.497 e. The first kappa shape index (κ1) is 15.7. The first-order valence-corrected chi connectivity index (χ1v) is 9.14. The number of carbonyl (C=O) groups excluding carboxylic acids is 1. The zero-order valence-corrected chi connectivity index (χ0v) is 15.1. The molecule has 1 amide bonds. The van der Waals surface area contributed by atoms with Crippen molar-refractivity contribution >= 4 is 40.3 Å². The Kier molecular flexibility index (Phi) is 4.93. The Bertz CT molecular complexity index is 675. The van der Waals surface area contributed by atoms with Gasteiger partial charge in [-0.15, -0.1) is 11.8 Å². The Labute approximate surface area is 148 Å². The molecule has 3 rings (SSSR count). The summed E-state index contributed by atoms with van der Waals surface area (Å²) in [6.07, 6.45) is 0. The maximum absolute atomic E-state index is 12.8. The van der Waals surface area contributed by atoms with E-state index in [0.717, 1.165) is 32.7 Å². The smallest absolute Gasteiger partial charge is 0.255 e. The zero-order valence-electron chi connectivity index (χ0n) is 12.2. The van der Waals surface area contributed by atoms with E-state index in [1.54, 1.807) is 18.9 Å². The topological polar surface area (TPSA) is 29.5 Å². The Hall–Kier alpha value is -1.21. The van der Waals surface area contributed by atoms with Crippen LogP contribution in [0.4, 0.5) is 0 Å². The van der Waals surface area contributed by atoms with E-state index >= 15 is 0 Å². The van der Waals surface area contributed by atoms with Crippen LogP contribution in [0.25, 0.3) is 0 Å². The quantitative estimate of drug-likeness (QED) is 0.691. The van der Waals surface area contributed by atoms with E-state index in [1.807, 2.05) is 53.4 Å². The van der Waals surface area contributed by atoms with Crippen LogP contribution in [-0.2, 0) is 0 Å². The van der Waals surface area contributed by atoms with Gasteiger partial charge < -0.3 is 9.64 Å². The third-order valence-corrected chi connectivity index (χ3v) is 5.56. The summed E-state index contributed by atoms with van der Waals surface area (Å²) in [7, 11) is 1.66. The minimum atomic E-state index is 0.0799. The third-order valence-electron chi connectivity index (χ3n) is 3.62. The van der Waals surface area contributed by atoms with Crippen molar-refractivity contribution in [3.8, 4) is 5.75 Å². The van der Waals surface area contributed by atoms with Gasteiger partial charge in [0.15, 0.2) is 0 Å². The average Bonchev–Trinajstić information content (AvgIpc) is 3.04. The fourth-order valence-corrected chi connectivity index (χ4v) is 4.31. The molecule has 0 aromatic heterocycles. The number of ether oxygens (including phenoxy) is 1. The van der Waals surface area contributed by atoms with E-state index in [4.69, 9.17) is 4.74 Å². The highest BCUT2D eigenvalue weighted by atomic mass is 127. The SMILES string of the molecule is COc1ccc(C2SCCN2C(=O)c2cccc(I)c2)cc1. The summed E-state index contributed by atoms with van der Waals surface area (Å²) in [6, 6.07) is 15.7. The summed E-state index contributed by atoms with van der Waals surface area (Å²) >= 11 is 4.04. The molecule has 1 unspecified atom stereocenters. The molecule has 1 heterocycles. The molecule has 1 aliphatic rings. The highest BCUT2D eigenvalue weighted by Crippen LogP contribution is 2.39. The minimum absolute atomic E-state index is 0.0799. The Morgan fingerprint density at radius 2 is 2.05 bits per heavy atom. The number of carbonyl (C=O) groups is 1. The summed E-state index contributed by atoms with van der Waals surface area (Å²) < 4.78 is 6.28. The van der Waals surface area contributed by atoms with Gasteiger partial charge in [0.1, 0.15) is 11.1 Å². The number of amides is 1. The molecule has 0 spiro atoms. The molecule has 1 aliphatic heterocycles. The molecule has 3 nitrogen and oxygen atoms in total. The summed E-state index contributed by atoms with van der Waals surface area (Å²) in [5, 5.41) is 0.0799. The van der Waals surface area contributed by atoms with Crippen LogP contribution in [-0.4, -0.2) is 30.2 Å². The molecule has 2 aromatic carbocycles. The predicted octanol–water partition coefficient (Wildman–Crippen LogP) is 4.19. The normalized spacial score (nSPS) is 17.5. The highest BCUT2D eigenvalue weighted by Gasteiger charge is 2.31. The molecule has 5 heteroatoms. The van der Waals surface area contributed by atoms with E-state index in [0.29, 0.717) is 0 Å². The molecule has 0 aliphatic carbocycles. The maximum atomic E-state index is 12.8. The van der Waals surface area contributed by atoms with Crippen molar-refractivity contribution in [1.29, 1.82) is 0 Å². The number of benzene rings is 2. The molecular weight excluding hydrogens is 409 g/mol. The second kappa shape index (κ2) is 6.91. The van der Waals surface area contributed by atoms with E-state index in [-0.39, 0.29) is 11.3 Å². The van der Waals surface area contributed by atoms with Gasteiger partial charge in [0.25, 0.3) is 5.91 Å². The van der Waals surface area contributed by atoms with Crippen LogP contribution in [0.2, 0.25) is 0 Å². The van der Waals surface area contributed by atoms with Crippen LogP contribution in [0.5, 0.6) is 5.75 Å². The van der Waals surface area contributed by atoms with Crippen molar-refractivity contribution < 1.29 is 9.53 Å². The molecule has 0 radical (unpaired) electrons. The number of hydrogen-bond acceptors (Lipinski definition) is 3. The monoisotopic (exact) mass is 425 g/mol. The standard InChI is InChI=1S/C17H16INO2S/c1-21-15-7-5-12(6-8-15)17-19(9-10-22-17)16(20)13-3-2-4-14(18)11-13/h2-8,11,17H,9-10H2,1H3. The summed E-state index contributed by atoms with van der Waals surface area (Å²) in [5.41, 5.74) is 1.90. The van der Waals surface area contributed by atoms with Crippen LogP contribution < -0.4 is 4.74 Å². The van der Waals surface area contributed by atoms with Crippen LogP contribution in [0.3, 0.4) is 0 Å². The summed E-state index contributed by atoms with van der Waals surface area (Å²) in [4.78, 5) is 14.7. The molecule has 0 saturated carbocycles. The number of rotatable bonds is 3. The molecule has 0 bridgehead atoms. The van der Waals surface area contributed by atoms with Gasteiger partial charge in [-0.05, 0) is 58.5 Å². The first-order chi connectivity index (χ1) is 10.7. The molecule has 1 saturated heterocycles. The predicted molar refractivity (Wildman–Crippen MR) is 98.4 cm³/mol. The lowest BCUT2D eigenvalue weighted by Crippen LogP contribution is -2.30. The van der Waals surface area contributed by atoms with Crippen LogP contribution in [0.1, 0.15) is 21.3 Å². The summed E-state index contributed by atoms with van der Waals surface area (Å²) in [5.74, 6) is 1.90. The number of halogens is 1. The van der Waals surface area contributed by atoms with Crippen molar-refractivity contribution in [2.45, 2.75) is 5.37 Å². The number of thioether (sulfide) groups is 1. The number of nitrogens with zero attached hydrogens (tertiary/aromatic N) is 1. The van der Waals surface area contributed by atoms with E-state index in [2.05, 4.69) is 22.6 Å². The van der Waals surface area contributed by atoms with Gasteiger partial charge in [-0.25, -0.2) is 0 Å². The van der Waals surface area contributed by atoms with Crippen molar-refractivity contribution in [3.05, 3.63) is 63.2 Å². The third kappa shape index (κ3) is 3.25. The van der Waals surface area contributed by atoms with Gasteiger partial charge in [0.2, 0.25) is 0 Å². The van der Waals surface area contributed by atoms with E-state index < -0.39 is 0 Å². The molecule has 1 fully saturated rings. The molecule has 1 atom stereocenters. The lowest BCUT2D eigenvalue weighted by Gasteiger charge is -2.24. The van der Waals surface area contributed by atoms with Crippen molar-refractivity contribution in [2.24, 2.45) is 0 Å². The van der Waals surface area contributed by atoms with Gasteiger partial charge in [0.05, 0.1) is 7.11 Å². The Morgan fingerprint density at radius 3 is 2.73 bits per heavy atom. The minimum Gasteiger partial charge on any atom is -0.497 e. The molecule has 0 N–H and O–H groups in total. The van der Waals surface area contributed by atoms with E-state index in [9.17, 15) is 4.79 Å². The van der Waals surface area contributed by atoms with Crippen LogP contribution >= 0.6 is 34.4 Å². The second-order valence-electron chi connectivity index (χ2n) is 5.01. The Morgan fingerprint density at radius 1 is 1.27 bits per heavy atom. The van der Waals surface area contributed by atoms with Crippen molar-refractivity contribution in [1.82, 2.24) is 4.90 Å².